The van der Waals surface area contributed by atoms with Gasteiger partial charge in [-0.2, -0.15) is 5.10 Å². The second kappa shape index (κ2) is 12.3. The summed E-state index contributed by atoms with van der Waals surface area (Å²) < 4.78 is 21.4. The van der Waals surface area contributed by atoms with Gasteiger partial charge in [-0.1, -0.05) is 53.6 Å². The van der Waals surface area contributed by atoms with Gasteiger partial charge in [-0.15, -0.1) is 11.8 Å². The molecule has 42 heavy (non-hydrogen) atoms. The summed E-state index contributed by atoms with van der Waals surface area (Å²) in [6.45, 7) is 2.92. The van der Waals surface area contributed by atoms with Crippen LogP contribution in [0.2, 0.25) is 5.02 Å². The molecule has 2 aliphatic rings. The van der Waals surface area contributed by atoms with Crippen LogP contribution in [0.15, 0.2) is 72.8 Å². The van der Waals surface area contributed by atoms with Crippen molar-refractivity contribution in [3.05, 3.63) is 100 Å². The largest absolute Gasteiger partial charge is 0.376 e. The van der Waals surface area contributed by atoms with Gasteiger partial charge in [-0.3, -0.25) is 14.5 Å². The van der Waals surface area contributed by atoms with Crippen LogP contribution in [0.3, 0.4) is 0 Å². The van der Waals surface area contributed by atoms with Crippen molar-refractivity contribution in [2.24, 2.45) is 0 Å². The Balaban J connectivity index is 1.51. The topological polar surface area (TPSA) is 76.5 Å². The number of amides is 2. The molecule has 1 N–H and O–H groups in total. The Bertz CT molecular complexity index is 1590. The summed E-state index contributed by atoms with van der Waals surface area (Å²) in [7, 11) is 0. The number of nitrogens with one attached hydrogen (secondary N) is 1. The van der Waals surface area contributed by atoms with Gasteiger partial charge in [0.25, 0.3) is 0 Å². The van der Waals surface area contributed by atoms with Crippen molar-refractivity contribution in [2.45, 2.75) is 31.1 Å². The number of hydrogen-bond acceptors (Lipinski definition) is 5. The van der Waals surface area contributed by atoms with E-state index in [1.807, 2.05) is 43.3 Å². The molecule has 3 heterocycles. The van der Waals surface area contributed by atoms with Crippen molar-refractivity contribution < 1.29 is 18.7 Å². The van der Waals surface area contributed by atoms with Crippen molar-refractivity contribution in [3.63, 3.8) is 0 Å². The van der Waals surface area contributed by atoms with Gasteiger partial charge in [0.15, 0.2) is 0 Å². The van der Waals surface area contributed by atoms with Gasteiger partial charge in [0.2, 0.25) is 11.8 Å². The van der Waals surface area contributed by atoms with Gasteiger partial charge in [-0.25, -0.2) is 9.07 Å². The van der Waals surface area contributed by atoms with Crippen molar-refractivity contribution in [1.29, 1.82) is 0 Å². The molecule has 10 heteroatoms. The van der Waals surface area contributed by atoms with E-state index in [-0.39, 0.29) is 41.3 Å². The molecule has 0 bridgehead atoms. The third kappa shape index (κ3) is 5.95. The lowest BCUT2D eigenvalue weighted by Gasteiger charge is -2.23. The van der Waals surface area contributed by atoms with E-state index in [0.29, 0.717) is 29.7 Å². The number of benzene rings is 3. The summed E-state index contributed by atoms with van der Waals surface area (Å²) in [4.78, 5) is 28.6. The van der Waals surface area contributed by atoms with Gasteiger partial charge >= 0.3 is 0 Å². The normalized spacial score (nSPS) is 18.5. The quantitative estimate of drug-likeness (QED) is 0.276. The lowest BCUT2D eigenvalue weighted by atomic mass is 9.99. The van der Waals surface area contributed by atoms with Gasteiger partial charge in [0.05, 0.1) is 28.5 Å². The third-order valence-corrected chi connectivity index (χ3v) is 9.02. The van der Waals surface area contributed by atoms with E-state index in [9.17, 15) is 14.0 Å². The highest BCUT2D eigenvalue weighted by Gasteiger charge is 2.37. The zero-order valence-electron chi connectivity index (χ0n) is 23.1. The Hall–Kier alpha value is -3.66. The minimum Gasteiger partial charge on any atom is -0.376 e. The molecule has 0 saturated carbocycles. The first-order chi connectivity index (χ1) is 20.4. The molecular formula is C32H30ClFN4O3S. The highest BCUT2D eigenvalue weighted by atomic mass is 35.5. The molecule has 1 fully saturated rings. The van der Waals surface area contributed by atoms with Crippen LogP contribution in [0.1, 0.15) is 34.8 Å². The fourth-order valence-corrected chi connectivity index (χ4v) is 6.66. The van der Waals surface area contributed by atoms with Crippen LogP contribution in [-0.4, -0.2) is 53.1 Å². The molecule has 2 aliphatic heterocycles. The molecule has 216 valence electrons. The van der Waals surface area contributed by atoms with Crippen molar-refractivity contribution in [1.82, 2.24) is 15.1 Å². The molecule has 0 spiro atoms. The first kappa shape index (κ1) is 28.5. The summed E-state index contributed by atoms with van der Waals surface area (Å²) in [6, 6.07) is 21.5. The van der Waals surface area contributed by atoms with E-state index in [4.69, 9.17) is 21.4 Å². The Kier molecular flexibility index (Phi) is 8.33. The number of fused-ring (bicyclic) bond motifs is 1. The molecule has 1 saturated heterocycles. The van der Waals surface area contributed by atoms with Gasteiger partial charge in [-0.05, 0) is 61.7 Å². The lowest BCUT2D eigenvalue weighted by Crippen LogP contribution is -2.44. The van der Waals surface area contributed by atoms with Crippen molar-refractivity contribution >= 4 is 41.0 Å². The molecule has 2 atom stereocenters. The van der Waals surface area contributed by atoms with E-state index >= 15 is 0 Å². The molecular weight excluding hydrogens is 575 g/mol. The number of nitrogens with zero attached hydrogens (tertiary/aromatic N) is 3. The number of anilines is 1. The maximum Gasteiger partial charge on any atom is 0.240 e. The number of carbonyl (C=O) groups excluding carboxylic acids is 2. The molecule has 2 amide bonds. The van der Waals surface area contributed by atoms with Crippen LogP contribution in [-0.2, 0) is 14.3 Å². The minimum absolute atomic E-state index is 0.0163. The second-order valence-electron chi connectivity index (χ2n) is 10.5. The second-order valence-corrected chi connectivity index (χ2v) is 12.0. The van der Waals surface area contributed by atoms with Crippen LogP contribution < -0.4 is 10.2 Å². The Morgan fingerprint density at radius 2 is 1.83 bits per heavy atom. The molecule has 4 aromatic rings. The van der Waals surface area contributed by atoms with Crippen LogP contribution in [0.5, 0.6) is 0 Å². The standard InChI is InChI=1S/C32H30ClFN4O3S/c1-20-4-14-25(15-5-20)38-32-29(30(36-38)21-6-10-23(33)11-7-21)31(22-8-12-24(34)13-9-22)42-19-28(40)37(32)18-27(39)35-17-26-3-2-16-41-26/h4-15,26,31H,2-3,16-19H2,1H3,(H,35,39). The fourth-order valence-electron chi connectivity index (χ4n) is 5.34. The van der Waals surface area contributed by atoms with E-state index < -0.39 is 0 Å². The molecule has 6 rings (SSSR count). The molecule has 2 unspecified atom stereocenters. The number of aromatic nitrogens is 2. The monoisotopic (exact) mass is 604 g/mol. The molecule has 3 aromatic carbocycles. The first-order valence-electron chi connectivity index (χ1n) is 13.9. The number of carbonyl (C=O) groups is 2. The summed E-state index contributed by atoms with van der Waals surface area (Å²) >= 11 is 7.67. The van der Waals surface area contributed by atoms with Crippen molar-refractivity contribution in [3.8, 4) is 16.9 Å². The predicted molar refractivity (Wildman–Crippen MR) is 164 cm³/mol. The van der Waals surface area contributed by atoms with Gasteiger partial charge < -0.3 is 10.1 Å². The SMILES string of the molecule is Cc1ccc(-n2nc(-c3ccc(Cl)cc3)c3c2N(CC(=O)NCC2CCCO2)C(=O)CSC3c2ccc(F)cc2)cc1. The van der Waals surface area contributed by atoms with Crippen LogP contribution in [0.4, 0.5) is 10.2 Å². The van der Waals surface area contributed by atoms with E-state index in [2.05, 4.69) is 5.32 Å². The average molecular weight is 605 g/mol. The van der Waals surface area contributed by atoms with Crippen LogP contribution >= 0.6 is 23.4 Å². The zero-order valence-corrected chi connectivity index (χ0v) is 24.6. The number of aryl methyl sites for hydroxylation is 1. The molecule has 7 nitrogen and oxygen atoms in total. The molecule has 0 radical (unpaired) electrons. The summed E-state index contributed by atoms with van der Waals surface area (Å²) in [6.07, 6.45) is 1.85. The summed E-state index contributed by atoms with van der Waals surface area (Å²) in [5, 5.41) is 8.26. The van der Waals surface area contributed by atoms with Gasteiger partial charge in [0.1, 0.15) is 18.2 Å². The third-order valence-electron chi connectivity index (χ3n) is 7.51. The zero-order chi connectivity index (χ0) is 29.2. The van der Waals surface area contributed by atoms with E-state index in [0.717, 1.165) is 40.8 Å². The molecule has 1 aromatic heterocycles. The number of thioether (sulfide) groups is 1. The van der Waals surface area contributed by atoms with E-state index in [1.54, 1.807) is 28.9 Å². The number of hydrogen-bond donors (Lipinski definition) is 1. The average Bonchev–Trinajstić information content (AvgIpc) is 3.62. The van der Waals surface area contributed by atoms with Crippen molar-refractivity contribution in [2.75, 3.05) is 30.3 Å². The highest BCUT2D eigenvalue weighted by Crippen LogP contribution is 2.48. The summed E-state index contributed by atoms with van der Waals surface area (Å²) in [5.74, 6) is -0.190. The maximum atomic E-state index is 14.0. The van der Waals surface area contributed by atoms with Crippen LogP contribution in [0, 0.1) is 12.7 Å². The Morgan fingerprint density at radius 3 is 2.52 bits per heavy atom. The fraction of sp³-hybridized carbons (Fsp3) is 0.281. The number of ether oxygens (including phenoxy) is 1. The first-order valence-corrected chi connectivity index (χ1v) is 15.3. The van der Waals surface area contributed by atoms with Gasteiger partial charge in [0, 0.05) is 29.3 Å². The number of halogens is 2. The Labute approximate surface area is 253 Å². The van der Waals surface area contributed by atoms with E-state index in [1.165, 1.54) is 28.8 Å². The number of rotatable bonds is 7. The lowest BCUT2D eigenvalue weighted by molar-refractivity contribution is -0.123. The maximum absolute atomic E-state index is 14.0. The highest BCUT2D eigenvalue weighted by molar-refractivity contribution is 8.00. The summed E-state index contributed by atoms with van der Waals surface area (Å²) in [5.41, 5.74) is 4.90. The smallest absolute Gasteiger partial charge is 0.240 e. The minimum atomic E-state index is -0.352. The molecule has 0 aliphatic carbocycles. The van der Waals surface area contributed by atoms with Crippen LogP contribution in [0.25, 0.3) is 16.9 Å². The Morgan fingerprint density at radius 1 is 1.10 bits per heavy atom. The predicted octanol–water partition coefficient (Wildman–Crippen LogP) is 6.10.